The quantitative estimate of drug-likeness (QED) is 0.655. The van der Waals surface area contributed by atoms with E-state index in [0.29, 0.717) is 11.2 Å². The molecule has 2 rings (SSSR count). The van der Waals surface area contributed by atoms with Crippen molar-refractivity contribution in [3.05, 3.63) is 22.2 Å². The Morgan fingerprint density at radius 2 is 2.11 bits per heavy atom. The molecule has 0 bridgehead atoms. The van der Waals surface area contributed by atoms with E-state index in [1.807, 2.05) is 0 Å². The van der Waals surface area contributed by atoms with Crippen molar-refractivity contribution >= 4 is 17.3 Å². The van der Waals surface area contributed by atoms with Crippen molar-refractivity contribution in [3.63, 3.8) is 0 Å². The topological polar surface area (TPSA) is 85.3 Å². The molecule has 0 spiro atoms. The minimum Gasteiger partial charge on any atom is -0.383 e. The Kier molecular flexibility index (Phi) is 3.59. The Labute approximate surface area is 112 Å². The molecule has 1 aromatic rings. The minimum absolute atomic E-state index is 0.00556. The predicted octanol–water partition coefficient (Wildman–Crippen LogP) is 2.59. The molecule has 0 aromatic carbocycles. The summed E-state index contributed by atoms with van der Waals surface area (Å²) in [6, 6.07) is 2.81. The van der Waals surface area contributed by atoms with Crippen LogP contribution < -0.4 is 10.6 Å². The first-order valence-corrected chi connectivity index (χ1v) is 6.54. The molecule has 104 valence electrons. The van der Waals surface area contributed by atoms with Gasteiger partial charge in [0.25, 0.3) is 5.69 Å². The molecular formula is C13H20N4O2. The number of hydrogen-bond donors (Lipinski definition) is 1. The minimum atomic E-state index is -0.427. The summed E-state index contributed by atoms with van der Waals surface area (Å²) >= 11 is 0. The van der Waals surface area contributed by atoms with Crippen LogP contribution >= 0.6 is 0 Å². The highest BCUT2D eigenvalue weighted by Crippen LogP contribution is 2.32. The van der Waals surface area contributed by atoms with Gasteiger partial charge in [0.2, 0.25) is 0 Å². The first kappa shape index (κ1) is 13.6. The number of nitrogens with zero attached hydrogens (tertiary/aromatic N) is 3. The molecule has 1 aromatic heterocycles. The zero-order chi connectivity index (χ0) is 14.0. The normalized spacial score (nSPS) is 18.9. The zero-order valence-electron chi connectivity index (χ0n) is 11.4. The second-order valence-corrected chi connectivity index (χ2v) is 5.87. The molecule has 1 aliphatic rings. The third-order valence-corrected chi connectivity index (χ3v) is 3.69. The van der Waals surface area contributed by atoms with Crippen molar-refractivity contribution in [2.75, 3.05) is 23.7 Å². The molecule has 2 heterocycles. The van der Waals surface area contributed by atoms with E-state index in [0.717, 1.165) is 32.4 Å². The fourth-order valence-electron chi connectivity index (χ4n) is 2.44. The van der Waals surface area contributed by atoms with Gasteiger partial charge in [0.05, 0.1) is 17.1 Å². The van der Waals surface area contributed by atoms with Crippen LogP contribution in [0, 0.1) is 15.5 Å². The van der Waals surface area contributed by atoms with Gasteiger partial charge in [-0.15, -0.1) is 0 Å². The molecule has 1 aliphatic heterocycles. The molecule has 0 unspecified atom stereocenters. The lowest BCUT2D eigenvalue weighted by Gasteiger charge is -2.24. The summed E-state index contributed by atoms with van der Waals surface area (Å²) < 4.78 is 0. The van der Waals surface area contributed by atoms with Crippen LogP contribution in [0.2, 0.25) is 0 Å². The van der Waals surface area contributed by atoms with Gasteiger partial charge < -0.3 is 10.6 Å². The van der Waals surface area contributed by atoms with Crippen LogP contribution in [-0.2, 0) is 0 Å². The van der Waals surface area contributed by atoms with Gasteiger partial charge in [-0.2, -0.15) is 0 Å². The Morgan fingerprint density at radius 1 is 1.37 bits per heavy atom. The van der Waals surface area contributed by atoms with Crippen LogP contribution in [0.5, 0.6) is 0 Å². The number of nitrogen functional groups attached to an aromatic ring is 1. The van der Waals surface area contributed by atoms with E-state index in [4.69, 9.17) is 5.73 Å². The second-order valence-electron chi connectivity index (χ2n) is 5.87. The highest BCUT2D eigenvalue weighted by Gasteiger charge is 2.24. The molecule has 0 saturated carbocycles. The number of rotatable bonds is 2. The van der Waals surface area contributed by atoms with Crippen LogP contribution in [0.3, 0.4) is 0 Å². The zero-order valence-corrected chi connectivity index (χ0v) is 11.4. The average molecular weight is 264 g/mol. The second kappa shape index (κ2) is 5.03. The van der Waals surface area contributed by atoms with Crippen LogP contribution in [0.1, 0.15) is 33.1 Å². The number of nitro groups is 1. The summed E-state index contributed by atoms with van der Waals surface area (Å²) in [5.74, 6) is 0.817. The summed E-state index contributed by atoms with van der Waals surface area (Å²) in [7, 11) is 0. The first-order valence-electron chi connectivity index (χ1n) is 6.54. The van der Waals surface area contributed by atoms with E-state index in [2.05, 4.69) is 23.7 Å². The molecule has 0 amide bonds. The van der Waals surface area contributed by atoms with E-state index in [1.165, 1.54) is 12.1 Å². The molecule has 0 aliphatic carbocycles. The average Bonchev–Trinajstić information content (AvgIpc) is 2.49. The van der Waals surface area contributed by atoms with Crippen molar-refractivity contribution in [3.8, 4) is 0 Å². The molecule has 2 N–H and O–H groups in total. The van der Waals surface area contributed by atoms with Gasteiger partial charge in [-0.1, -0.05) is 13.8 Å². The summed E-state index contributed by atoms with van der Waals surface area (Å²) in [6.07, 6.45) is 3.28. The summed E-state index contributed by atoms with van der Waals surface area (Å²) in [4.78, 5) is 16.8. The van der Waals surface area contributed by atoms with Crippen molar-refractivity contribution in [1.82, 2.24) is 4.98 Å². The van der Waals surface area contributed by atoms with Crippen LogP contribution in [0.4, 0.5) is 17.3 Å². The van der Waals surface area contributed by atoms with E-state index in [1.54, 1.807) is 0 Å². The van der Waals surface area contributed by atoms with Gasteiger partial charge >= 0.3 is 0 Å². The number of hydrogen-bond acceptors (Lipinski definition) is 5. The Morgan fingerprint density at radius 3 is 2.79 bits per heavy atom. The maximum Gasteiger partial charge on any atom is 0.276 e. The lowest BCUT2D eigenvalue weighted by atomic mass is 9.85. The van der Waals surface area contributed by atoms with E-state index >= 15 is 0 Å². The summed E-state index contributed by atoms with van der Waals surface area (Å²) in [6.45, 7) is 6.25. The lowest BCUT2D eigenvalue weighted by Crippen LogP contribution is -2.26. The molecule has 6 heteroatoms. The summed E-state index contributed by atoms with van der Waals surface area (Å²) in [5.41, 5.74) is 5.98. The third-order valence-electron chi connectivity index (χ3n) is 3.69. The van der Waals surface area contributed by atoms with Crippen molar-refractivity contribution in [2.24, 2.45) is 5.41 Å². The van der Waals surface area contributed by atoms with E-state index in [9.17, 15) is 10.1 Å². The van der Waals surface area contributed by atoms with Gasteiger partial charge in [0.1, 0.15) is 11.6 Å². The highest BCUT2D eigenvalue weighted by atomic mass is 16.6. The standard InChI is InChI=1S/C13H20N4O2/c1-13(2)4-3-6-16(7-5-13)12-9-10(17(18)19)8-11(14)15-12/h8-9H,3-7H2,1-2H3,(H2,14,15). The SMILES string of the molecule is CC1(C)CCCN(c2cc([N+](=O)[O-])cc(N)n2)CC1. The molecule has 0 radical (unpaired) electrons. The van der Waals surface area contributed by atoms with Crippen molar-refractivity contribution < 1.29 is 4.92 Å². The fourth-order valence-corrected chi connectivity index (χ4v) is 2.44. The van der Waals surface area contributed by atoms with Crippen molar-refractivity contribution in [1.29, 1.82) is 0 Å². The number of anilines is 2. The third kappa shape index (κ3) is 3.33. The molecule has 19 heavy (non-hydrogen) atoms. The maximum absolute atomic E-state index is 10.9. The largest absolute Gasteiger partial charge is 0.383 e. The van der Waals surface area contributed by atoms with Crippen molar-refractivity contribution in [2.45, 2.75) is 33.1 Å². The van der Waals surface area contributed by atoms with Crippen LogP contribution in [0.25, 0.3) is 0 Å². The van der Waals surface area contributed by atoms with E-state index in [-0.39, 0.29) is 11.5 Å². The van der Waals surface area contributed by atoms with Gasteiger partial charge in [-0.3, -0.25) is 10.1 Å². The Hall–Kier alpha value is -1.85. The first-order chi connectivity index (χ1) is 8.87. The number of nitrogens with two attached hydrogens (primary N) is 1. The van der Waals surface area contributed by atoms with E-state index < -0.39 is 4.92 Å². The molecule has 0 atom stereocenters. The van der Waals surface area contributed by atoms with Gasteiger partial charge in [0, 0.05) is 13.1 Å². The lowest BCUT2D eigenvalue weighted by molar-refractivity contribution is -0.384. The van der Waals surface area contributed by atoms with Gasteiger partial charge in [-0.25, -0.2) is 4.98 Å². The predicted molar refractivity (Wildman–Crippen MR) is 75.1 cm³/mol. The van der Waals surface area contributed by atoms with Gasteiger partial charge in [-0.05, 0) is 24.7 Å². The highest BCUT2D eigenvalue weighted by molar-refractivity contribution is 5.54. The van der Waals surface area contributed by atoms with Crippen LogP contribution in [0.15, 0.2) is 12.1 Å². The molecule has 6 nitrogen and oxygen atoms in total. The molecule has 1 saturated heterocycles. The number of pyridine rings is 1. The summed E-state index contributed by atoms with van der Waals surface area (Å²) in [5, 5.41) is 10.9. The van der Waals surface area contributed by atoms with Gasteiger partial charge in [0.15, 0.2) is 0 Å². The Bertz CT molecular complexity index is 488. The molecular weight excluding hydrogens is 244 g/mol. The molecule has 1 fully saturated rings. The fraction of sp³-hybridized carbons (Fsp3) is 0.615. The smallest absolute Gasteiger partial charge is 0.276 e. The Balaban J connectivity index is 2.24. The maximum atomic E-state index is 10.9. The van der Waals surface area contributed by atoms with Crippen LogP contribution in [-0.4, -0.2) is 23.0 Å². The number of aromatic nitrogens is 1. The monoisotopic (exact) mass is 264 g/mol.